The topological polar surface area (TPSA) is 87.1 Å². The van der Waals surface area contributed by atoms with Gasteiger partial charge in [0.05, 0.1) is 23.9 Å². The first-order valence-corrected chi connectivity index (χ1v) is 10.7. The number of fused-ring (bicyclic) bond motifs is 1. The van der Waals surface area contributed by atoms with Crippen molar-refractivity contribution in [1.82, 2.24) is 0 Å². The lowest BCUT2D eigenvalue weighted by Gasteiger charge is -2.26. The van der Waals surface area contributed by atoms with E-state index >= 15 is 0 Å². The molecule has 0 spiro atoms. The fourth-order valence-corrected chi connectivity index (χ4v) is 4.39. The number of anilines is 1. The molecule has 0 bridgehead atoms. The average molecular weight is 463 g/mol. The molecule has 1 amide bonds. The number of rotatable bonds is 3. The van der Waals surface area contributed by atoms with Crippen molar-refractivity contribution in [3.05, 3.63) is 94.6 Å². The van der Waals surface area contributed by atoms with Crippen LogP contribution in [-0.4, -0.2) is 28.5 Å². The Bertz CT molecular complexity index is 1350. The second kappa shape index (κ2) is 8.30. The van der Waals surface area contributed by atoms with Gasteiger partial charge in [0.1, 0.15) is 28.9 Å². The fraction of sp³-hybridized carbons (Fsp3) is 0.154. The summed E-state index contributed by atoms with van der Waals surface area (Å²) in [4.78, 5) is 27.0. The number of phenolic OH excluding ortho intramolecular Hbond substituents is 1. The molecule has 5 rings (SSSR count). The number of ether oxygens (including phenoxy) is 1. The van der Waals surface area contributed by atoms with Gasteiger partial charge in [0.15, 0.2) is 0 Å². The Morgan fingerprint density at radius 1 is 1.00 bits per heavy atom. The van der Waals surface area contributed by atoms with Gasteiger partial charge in [0, 0.05) is 11.6 Å². The van der Waals surface area contributed by atoms with E-state index in [-0.39, 0.29) is 11.3 Å². The Balaban J connectivity index is 1.72. The molecular formula is C26H19F2NO5. The predicted octanol–water partition coefficient (Wildman–Crippen LogP) is 4.62. The van der Waals surface area contributed by atoms with E-state index in [1.54, 1.807) is 18.2 Å². The summed E-state index contributed by atoms with van der Waals surface area (Å²) < 4.78 is 34.3. The van der Waals surface area contributed by atoms with Crippen LogP contribution in [0.3, 0.4) is 0 Å². The summed E-state index contributed by atoms with van der Waals surface area (Å²) >= 11 is 0. The fourth-order valence-electron chi connectivity index (χ4n) is 4.39. The monoisotopic (exact) mass is 463 g/mol. The summed E-state index contributed by atoms with van der Waals surface area (Å²) in [6.07, 6.45) is 1.52. The van der Waals surface area contributed by atoms with Gasteiger partial charge >= 0.3 is 0 Å². The van der Waals surface area contributed by atoms with Crippen LogP contribution in [0.5, 0.6) is 11.5 Å². The van der Waals surface area contributed by atoms with E-state index in [0.29, 0.717) is 23.5 Å². The zero-order valence-corrected chi connectivity index (χ0v) is 17.8. The average Bonchev–Trinajstić information content (AvgIpc) is 3.10. The molecule has 2 aliphatic rings. The zero-order chi connectivity index (χ0) is 24.0. The van der Waals surface area contributed by atoms with Crippen molar-refractivity contribution in [2.24, 2.45) is 0 Å². The quantitative estimate of drug-likeness (QED) is 0.336. The van der Waals surface area contributed by atoms with Gasteiger partial charge in [-0.2, -0.15) is 0 Å². The van der Waals surface area contributed by atoms with Crippen LogP contribution in [0.1, 0.15) is 29.2 Å². The minimum absolute atomic E-state index is 0.0627. The molecule has 2 heterocycles. The number of hydrogen-bond acceptors (Lipinski definition) is 5. The Labute approximate surface area is 193 Å². The van der Waals surface area contributed by atoms with Crippen molar-refractivity contribution < 1.29 is 33.3 Å². The van der Waals surface area contributed by atoms with Gasteiger partial charge in [-0.05, 0) is 66.4 Å². The van der Waals surface area contributed by atoms with E-state index in [4.69, 9.17) is 4.74 Å². The number of phenols is 1. The molecule has 1 saturated heterocycles. The molecule has 34 heavy (non-hydrogen) atoms. The molecule has 3 aromatic rings. The van der Waals surface area contributed by atoms with Gasteiger partial charge < -0.3 is 14.9 Å². The summed E-state index contributed by atoms with van der Waals surface area (Å²) in [5.41, 5.74) is 0.769. The van der Waals surface area contributed by atoms with E-state index < -0.39 is 40.8 Å². The first-order chi connectivity index (χ1) is 16.3. The maximum absolute atomic E-state index is 14.7. The lowest BCUT2D eigenvalue weighted by atomic mass is 9.93. The van der Waals surface area contributed by atoms with Crippen LogP contribution < -0.4 is 9.64 Å². The second-order valence-electron chi connectivity index (χ2n) is 8.13. The standard InChI is InChI=1S/C26H19F2NO5/c27-17-6-9-19(28)20(13-17)29-23(14-3-7-18(30)8-4-14)22(25(32)26(29)33)24(31)16-5-10-21-15(12-16)2-1-11-34-21/h3-10,12-13,23,30-31H,1-2,11H2/b24-22-. The summed E-state index contributed by atoms with van der Waals surface area (Å²) in [5.74, 6) is -3.66. The highest BCUT2D eigenvalue weighted by Gasteiger charge is 2.47. The number of carbonyl (C=O) groups excluding carboxylic acids is 2. The molecular weight excluding hydrogens is 444 g/mol. The summed E-state index contributed by atoms with van der Waals surface area (Å²) in [7, 11) is 0. The first kappa shape index (κ1) is 21.6. The van der Waals surface area contributed by atoms with E-state index in [1.165, 1.54) is 24.3 Å². The third-order valence-corrected chi connectivity index (χ3v) is 6.00. The van der Waals surface area contributed by atoms with Gasteiger partial charge in [0.2, 0.25) is 0 Å². The van der Waals surface area contributed by atoms with E-state index in [1.807, 2.05) is 0 Å². The first-order valence-electron chi connectivity index (χ1n) is 10.7. The Morgan fingerprint density at radius 2 is 1.76 bits per heavy atom. The van der Waals surface area contributed by atoms with Gasteiger partial charge in [-0.1, -0.05) is 12.1 Å². The number of Topliss-reactive ketones (excluding diaryl/α,β-unsaturated/α-hetero) is 1. The van der Waals surface area contributed by atoms with E-state index in [2.05, 4.69) is 0 Å². The number of aryl methyl sites for hydroxylation is 1. The molecule has 8 heteroatoms. The molecule has 3 aromatic carbocycles. The third-order valence-electron chi connectivity index (χ3n) is 6.00. The molecule has 1 fully saturated rings. The molecule has 1 unspecified atom stereocenters. The van der Waals surface area contributed by atoms with Gasteiger partial charge in [-0.25, -0.2) is 8.78 Å². The summed E-state index contributed by atoms with van der Waals surface area (Å²) in [6.45, 7) is 0.587. The van der Waals surface area contributed by atoms with Crippen molar-refractivity contribution in [2.75, 3.05) is 11.5 Å². The van der Waals surface area contributed by atoms with Crippen molar-refractivity contribution in [1.29, 1.82) is 0 Å². The number of aliphatic hydroxyl groups is 1. The van der Waals surface area contributed by atoms with Crippen LogP contribution in [0.4, 0.5) is 14.5 Å². The van der Waals surface area contributed by atoms with Gasteiger partial charge in [0.25, 0.3) is 11.7 Å². The van der Waals surface area contributed by atoms with Crippen molar-refractivity contribution in [2.45, 2.75) is 18.9 Å². The van der Waals surface area contributed by atoms with E-state index in [9.17, 15) is 28.6 Å². The molecule has 0 aliphatic carbocycles. The van der Waals surface area contributed by atoms with Crippen LogP contribution in [0.15, 0.2) is 66.2 Å². The smallest absolute Gasteiger partial charge is 0.300 e. The summed E-state index contributed by atoms with van der Waals surface area (Å²) in [5, 5.41) is 20.9. The Kier molecular flexibility index (Phi) is 5.28. The maximum atomic E-state index is 14.7. The minimum atomic E-state index is -1.25. The Morgan fingerprint density at radius 3 is 2.53 bits per heavy atom. The number of benzene rings is 3. The van der Waals surface area contributed by atoms with Gasteiger partial charge in [-0.15, -0.1) is 0 Å². The normalized spacial score (nSPS) is 19.1. The Hall–Kier alpha value is -4.20. The highest BCUT2D eigenvalue weighted by atomic mass is 19.1. The SMILES string of the molecule is O=C1C(=O)N(c2cc(F)ccc2F)C(c2ccc(O)cc2)/C1=C(/O)c1ccc2c(c1)CCCO2. The number of hydrogen-bond donors (Lipinski definition) is 2. The minimum Gasteiger partial charge on any atom is -0.508 e. The number of ketones is 1. The number of aliphatic hydroxyl groups excluding tert-OH is 1. The molecule has 2 N–H and O–H groups in total. The molecule has 1 atom stereocenters. The molecule has 0 saturated carbocycles. The van der Waals surface area contributed by atoms with Crippen LogP contribution >= 0.6 is 0 Å². The maximum Gasteiger partial charge on any atom is 0.300 e. The summed E-state index contributed by atoms with van der Waals surface area (Å²) in [6, 6.07) is 11.9. The van der Waals surface area contributed by atoms with Crippen molar-refractivity contribution in [3.63, 3.8) is 0 Å². The highest BCUT2D eigenvalue weighted by Crippen LogP contribution is 2.43. The number of nitrogens with zero attached hydrogens (tertiary/aromatic N) is 1. The molecule has 6 nitrogen and oxygen atoms in total. The number of aromatic hydroxyl groups is 1. The van der Waals surface area contributed by atoms with Crippen molar-refractivity contribution >= 4 is 23.1 Å². The van der Waals surface area contributed by atoms with Crippen LogP contribution in [-0.2, 0) is 16.0 Å². The predicted molar refractivity (Wildman–Crippen MR) is 120 cm³/mol. The largest absolute Gasteiger partial charge is 0.508 e. The van der Waals surface area contributed by atoms with E-state index in [0.717, 1.165) is 41.5 Å². The molecule has 172 valence electrons. The van der Waals surface area contributed by atoms with Crippen LogP contribution in [0, 0.1) is 11.6 Å². The zero-order valence-electron chi connectivity index (χ0n) is 17.8. The number of amides is 1. The van der Waals surface area contributed by atoms with Crippen molar-refractivity contribution in [3.8, 4) is 11.5 Å². The lowest BCUT2D eigenvalue weighted by molar-refractivity contribution is -0.132. The van der Waals surface area contributed by atoms with Gasteiger partial charge in [-0.3, -0.25) is 14.5 Å². The number of halogens is 2. The lowest BCUT2D eigenvalue weighted by Crippen LogP contribution is -2.30. The second-order valence-corrected chi connectivity index (χ2v) is 8.13. The van der Waals surface area contributed by atoms with Crippen LogP contribution in [0.25, 0.3) is 5.76 Å². The highest BCUT2D eigenvalue weighted by molar-refractivity contribution is 6.51. The van der Waals surface area contributed by atoms with Crippen LogP contribution in [0.2, 0.25) is 0 Å². The molecule has 0 radical (unpaired) electrons. The number of carbonyl (C=O) groups is 2. The molecule has 0 aromatic heterocycles. The third kappa shape index (κ3) is 3.57. The molecule has 2 aliphatic heterocycles.